The monoisotopic (exact) mass is 480 g/mol. The van der Waals surface area contributed by atoms with Crippen LogP contribution in [0.2, 0.25) is 0 Å². The topological polar surface area (TPSA) is 0 Å². The van der Waals surface area contributed by atoms with Crippen molar-refractivity contribution < 1.29 is 0 Å². The third-order valence-electron chi connectivity index (χ3n) is 8.00. The highest BCUT2D eigenvalue weighted by Gasteiger charge is 2.08. The quantitative estimate of drug-likeness (QED) is 0.216. The molecular formula is C38H24. The zero-order valence-electron chi connectivity index (χ0n) is 20.9. The highest BCUT2D eigenvalue weighted by molar-refractivity contribution is 6.17. The third kappa shape index (κ3) is 3.38. The minimum Gasteiger partial charge on any atom is -0.0616 e. The van der Waals surface area contributed by atoms with Crippen LogP contribution in [0.3, 0.4) is 0 Å². The Kier molecular flexibility index (Phi) is 4.62. The van der Waals surface area contributed by atoms with Gasteiger partial charge in [-0.2, -0.15) is 0 Å². The number of hydrogen-bond donors (Lipinski definition) is 0. The van der Waals surface area contributed by atoms with Crippen molar-refractivity contribution in [2.24, 2.45) is 0 Å². The summed E-state index contributed by atoms with van der Waals surface area (Å²) in [5.74, 6) is 0. The van der Waals surface area contributed by atoms with Gasteiger partial charge in [0.1, 0.15) is 0 Å². The van der Waals surface area contributed by atoms with E-state index in [0.29, 0.717) is 0 Å². The van der Waals surface area contributed by atoms with Crippen LogP contribution in [0, 0.1) is 0 Å². The van der Waals surface area contributed by atoms with E-state index >= 15 is 0 Å². The summed E-state index contributed by atoms with van der Waals surface area (Å²) in [4.78, 5) is 0. The summed E-state index contributed by atoms with van der Waals surface area (Å²) >= 11 is 0. The second-order valence-electron chi connectivity index (χ2n) is 10.2. The number of rotatable bonds is 2. The lowest BCUT2D eigenvalue weighted by Crippen LogP contribution is -1.84. The molecule has 0 aliphatic carbocycles. The molecule has 0 radical (unpaired) electrons. The maximum absolute atomic E-state index is 2.36. The van der Waals surface area contributed by atoms with Crippen LogP contribution in [0.15, 0.2) is 146 Å². The van der Waals surface area contributed by atoms with Crippen LogP contribution < -0.4 is 0 Å². The van der Waals surface area contributed by atoms with E-state index in [2.05, 4.69) is 146 Å². The molecule has 0 amide bonds. The Labute approximate surface area is 221 Å². The fourth-order valence-corrected chi connectivity index (χ4v) is 5.97. The molecule has 0 aliphatic rings. The standard InChI is InChI=1S/C38H24/c1-2-7-28-21-29(11-9-25(28)5-1)30-13-14-32-23-33(16-15-31(32)22-30)34-12-10-27-18-19-36-35-8-4-3-6-26(35)17-20-37(36)38(27)24-34/h1-24H. The van der Waals surface area contributed by atoms with Crippen LogP contribution in [0.4, 0.5) is 0 Å². The number of hydrogen-bond acceptors (Lipinski definition) is 0. The van der Waals surface area contributed by atoms with Gasteiger partial charge >= 0.3 is 0 Å². The van der Waals surface area contributed by atoms with E-state index in [-0.39, 0.29) is 0 Å². The van der Waals surface area contributed by atoms with E-state index in [1.165, 1.54) is 76.1 Å². The summed E-state index contributed by atoms with van der Waals surface area (Å²) in [6.07, 6.45) is 0. The fraction of sp³-hybridized carbons (Fsp3) is 0. The molecule has 0 bridgehead atoms. The van der Waals surface area contributed by atoms with Crippen molar-refractivity contribution in [1.29, 1.82) is 0 Å². The Morgan fingerprint density at radius 2 is 0.605 bits per heavy atom. The molecule has 0 aromatic heterocycles. The second kappa shape index (κ2) is 8.30. The average Bonchev–Trinajstić information content (AvgIpc) is 2.99. The first-order chi connectivity index (χ1) is 18.8. The summed E-state index contributed by atoms with van der Waals surface area (Å²) in [6, 6.07) is 53.5. The van der Waals surface area contributed by atoms with Gasteiger partial charge in [0.15, 0.2) is 0 Å². The Hall–Kier alpha value is -4.94. The lowest BCUT2D eigenvalue weighted by atomic mass is 9.93. The highest BCUT2D eigenvalue weighted by atomic mass is 14.1. The van der Waals surface area contributed by atoms with Crippen molar-refractivity contribution in [3.63, 3.8) is 0 Å². The van der Waals surface area contributed by atoms with E-state index in [0.717, 1.165) is 0 Å². The van der Waals surface area contributed by atoms with E-state index in [1.54, 1.807) is 0 Å². The van der Waals surface area contributed by atoms with Gasteiger partial charge in [0, 0.05) is 0 Å². The molecule has 0 unspecified atom stereocenters. The molecule has 0 saturated heterocycles. The van der Waals surface area contributed by atoms with Gasteiger partial charge in [-0.15, -0.1) is 0 Å². The minimum atomic E-state index is 1.25. The minimum absolute atomic E-state index is 1.25. The van der Waals surface area contributed by atoms with Crippen molar-refractivity contribution in [2.75, 3.05) is 0 Å². The molecule has 38 heavy (non-hydrogen) atoms. The number of benzene rings is 8. The third-order valence-corrected chi connectivity index (χ3v) is 8.00. The van der Waals surface area contributed by atoms with Gasteiger partial charge in [0.25, 0.3) is 0 Å². The lowest BCUT2D eigenvalue weighted by molar-refractivity contribution is 1.66. The highest BCUT2D eigenvalue weighted by Crippen LogP contribution is 2.35. The van der Waals surface area contributed by atoms with Gasteiger partial charge in [0.2, 0.25) is 0 Å². The molecule has 0 aliphatic heterocycles. The zero-order chi connectivity index (χ0) is 25.1. The van der Waals surface area contributed by atoms with E-state index in [9.17, 15) is 0 Å². The molecule has 0 fully saturated rings. The molecule has 8 aromatic carbocycles. The summed E-state index contributed by atoms with van der Waals surface area (Å²) in [6.45, 7) is 0. The largest absolute Gasteiger partial charge is 0.0616 e. The predicted molar refractivity (Wildman–Crippen MR) is 165 cm³/mol. The first-order valence-corrected chi connectivity index (χ1v) is 13.2. The Balaban J connectivity index is 1.23. The molecule has 8 rings (SSSR count). The molecule has 0 heterocycles. The summed E-state index contributed by atoms with van der Waals surface area (Å²) < 4.78 is 0. The van der Waals surface area contributed by atoms with Crippen molar-refractivity contribution in [2.45, 2.75) is 0 Å². The molecule has 8 aromatic rings. The van der Waals surface area contributed by atoms with Crippen molar-refractivity contribution in [1.82, 2.24) is 0 Å². The maximum Gasteiger partial charge on any atom is -0.00987 e. The van der Waals surface area contributed by atoms with Crippen LogP contribution >= 0.6 is 0 Å². The SMILES string of the molecule is c1ccc2cc(-c3ccc4cc(-c5ccc6ccc7c8ccccc8ccc7c6c5)ccc4c3)ccc2c1. The molecule has 176 valence electrons. The Bertz CT molecular complexity index is 2180. The average molecular weight is 481 g/mol. The van der Waals surface area contributed by atoms with Gasteiger partial charge in [0.05, 0.1) is 0 Å². The van der Waals surface area contributed by atoms with Crippen LogP contribution in [0.25, 0.3) is 76.1 Å². The van der Waals surface area contributed by atoms with Crippen molar-refractivity contribution in [3.8, 4) is 22.3 Å². The van der Waals surface area contributed by atoms with Crippen LogP contribution in [-0.4, -0.2) is 0 Å². The van der Waals surface area contributed by atoms with Crippen molar-refractivity contribution >= 4 is 53.9 Å². The van der Waals surface area contributed by atoms with Crippen LogP contribution in [-0.2, 0) is 0 Å². The van der Waals surface area contributed by atoms with Gasteiger partial charge in [-0.05, 0) is 100 Å². The molecule has 0 N–H and O–H groups in total. The summed E-state index contributed by atoms with van der Waals surface area (Å²) in [5, 5.41) is 12.9. The first-order valence-electron chi connectivity index (χ1n) is 13.2. The number of fused-ring (bicyclic) bond motifs is 7. The smallest absolute Gasteiger partial charge is 0.00987 e. The first kappa shape index (κ1) is 21.2. The van der Waals surface area contributed by atoms with Crippen molar-refractivity contribution in [3.05, 3.63) is 146 Å². The maximum atomic E-state index is 2.36. The summed E-state index contributed by atoms with van der Waals surface area (Å²) in [7, 11) is 0. The van der Waals surface area contributed by atoms with E-state index < -0.39 is 0 Å². The zero-order valence-corrected chi connectivity index (χ0v) is 20.9. The lowest BCUT2D eigenvalue weighted by Gasteiger charge is -2.11. The molecule has 0 heteroatoms. The molecule has 0 atom stereocenters. The predicted octanol–water partition coefficient (Wildman–Crippen LogP) is 10.8. The summed E-state index contributed by atoms with van der Waals surface area (Å²) in [5.41, 5.74) is 5.00. The van der Waals surface area contributed by atoms with E-state index in [4.69, 9.17) is 0 Å². The van der Waals surface area contributed by atoms with Crippen LogP contribution in [0.1, 0.15) is 0 Å². The fourth-order valence-electron chi connectivity index (χ4n) is 5.97. The normalized spacial score (nSPS) is 11.7. The molecule has 0 spiro atoms. The van der Waals surface area contributed by atoms with E-state index in [1.807, 2.05) is 0 Å². The second-order valence-corrected chi connectivity index (χ2v) is 10.2. The van der Waals surface area contributed by atoms with Gasteiger partial charge in [-0.25, -0.2) is 0 Å². The molecular weight excluding hydrogens is 456 g/mol. The van der Waals surface area contributed by atoms with Gasteiger partial charge in [-0.3, -0.25) is 0 Å². The molecule has 0 saturated carbocycles. The van der Waals surface area contributed by atoms with Gasteiger partial charge < -0.3 is 0 Å². The van der Waals surface area contributed by atoms with Gasteiger partial charge in [-0.1, -0.05) is 121 Å². The van der Waals surface area contributed by atoms with Crippen LogP contribution in [0.5, 0.6) is 0 Å². The Morgan fingerprint density at radius 3 is 1.26 bits per heavy atom. The Morgan fingerprint density at radius 1 is 0.211 bits per heavy atom. The molecule has 0 nitrogen and oxygen atoms in total.